The summed E-state index contributed by atoms with van der Waals surface area (Å²) in [5, 5.41) is 9.22. The molecule has 0 saturated carbocycles. The predicted molar refractivity (Wildman–Crippen MR) is 113 cm³/mol. The Morgan fingerprint density at radius 1 is 1.19 bits per heavy atom. The van der Waals surface area contributed by atoms with Gasteiger partial charge in [0.1, 0.15) is 18.1 Å². The van der Waals surface area contributed by atoms with Crippen LogP contribution in [0.5, 0.6) is 5.75 Å². The Hall–Kier alpha value is -2.65. The van der Waals surface area contributed by atoms with E-state index in [1.807, 2.05) is 6.92 Å². The van der Waals surface area contributed by atoms with Gasteiger partial charge in [-0.05, 0) is 67.3 Å². The number of anilines is 1. The van der Waals surface area contributed by atoms with Crippen molar-refractivity contribution in [2.45, 2.75) is 24.2 Å². The standard InChI is InChI=1S/C22H25FN2O5S/c1-2-30-17-4-6-18(7-5-17)31(28,29)25-10-9-15(12-25)20-13-24(14-22(26)27)21-8-3-16(23)11-19(20)21/h3-8,11,15,20H,2,9-10,12-14H2,1H3,(H,26,27). The topological polar surface area (TPSA) is 87.2 Å². The summed E-state index contributed by atoms with van der Waals surface area (Å²) in [5.74, 6) is -0.855. The van der Waals surface area contributed by atoms with Gasteiger partial charge in [-0.2, -0.15) is 4.31 Å². The van der Waals surface area contributed by atoms with Crippen LogP contribution in [0.3, 0.4) is 0 Å². The van der Waals surface area contributed by atoms with Gasteiger partial charge in [-0.15, -0.1) is 0 Å². The molecule has 0 aliphatic carbocycles. The van der Waals surface area contributed by atoms with Crippen LogP contribution in [0.4, 0.5) is 10.1 Å². The molecule has 166 valence electrons. The Bertz CT molecular complexity index is 1070. The second kappa shape index (κ2) is 8.47. The number of hydrogen-bond donors (Lipinski definition) is 1. The molecule has 1 fully saturated rings. The summed E-state index contributed by atoms with van der Waals surface area (Å²) in [6.07, 6.45) is 0.637. The first-order valence-corrected chi connectivity index (χ1v) is 11.7. The number of ether oxygens (including phenoxy) is 1. The van der Waals surface area contributed by atoms with Crippen molar-refractivity contribution < 1.29 is 27.4 Å². The number of benzene rings is 2. The highest BCUT2D eigenvalue weighted by Crippen LogP contribution is 2.44. The molecule has 7 nitrogen and oxygen atoms in total. The molecule has 2 aromatic carbocycles. The maximum absolute atomic E-state index is 13.9. The van der Waals surface area contributed by atoms with Crippen LogP contribution in [0.25, 0.3) is 0 Å². The van der Waals surface area contributed by atoms with Crippen LogP contribution in [0.2, 0.25) is 0 Å². The van der Waals surface area contributed by atoms with Gasteiger partial charge in [0.2, 0.25) is 10.0 Å². The summed E-state index contributed by atoms with van der Waals surface area (Å²) in [4.78, 5) is 13.2. The fourth-order valence-electron chi connectivity index (χ4n) is 4.58. The molecule has 1 saturated heterocycles. The highest BCUT2D eigenvalue weighted by molar-refractivity contribution is 7.89. The molecule has 2 atom stereocenters. The number of halogens is 1. The number of nitrogens with zero attached hydrogens (tertiary/aromatic N) is 2. The van der Waals surface area contributed by atoms with Gasteiger partial charge >= 0.3 is 5.97 Å². The molecule has 0 radical (unpaired) electrons. The van der Waals surface area contributed by atoms with E-state index in [0.29, 0.717) is 44.1 Å². The minimum atomic E-state index is -3.65. The van der Waals surface area contributed by atoms with Crippen LogP contribution in [0.15, 0.2) is 47.4 Å². The third-order valence-electron chi connectivity index (χ3n) is 6.00. The number of carbonyl (C=O) groups is 1. The zero-order valence-electron chi connectivity index (χ0n) is 17.2. The largest absolute Gasteiger partial charge is 0.494 e. The molecule has 2 aromatic rings. The van der Waals surface area contributed by atoms with E-state index in [1.165, 1.54) is 16.4 Å². The number of carboxylic acids is 1. The van der Waals surface area contributed by atoms with E-state index in [4.69, 9.17) is 4.74 Å². The van der Waals surface area contributed by atoms with Crippen molar-refractivity contribution in [1.29, 1.82) is 0 Å². The number of sulfonamides is 1. The van der Waals surface area contributed by atoms with E-state index in [0.717, 1.165) is 5.56 Å². The van der Waals surface area contributed by atoms with Gasteiger partial charge in [-0.25, -0.2) is 12.8 Å². The lowest BCUT2D eigenvalue weighted by molar-refractivity contribution is -0.135. The minimum Gasteiger partial charge on any atom is -0.494 e. The summed E-state index contributed by atoms with van der Waals surface area (Å²) in [6.45, 7) is 3.32. The second-order valence-electron chi connectivity index (χ2n) is 7.90. The van der Waals surface area contributed by atoms with Gasteiger partial charge in [0.15, 0.2) is 0 Å². The summed E-state index contributed by atoms with van der Waals surface area (Å²) in [5.41, 5.74) is 1.47. The van der Waals surface area contributed by atoms with Crippen molar-refractivity contribution in [3.8, 4) is 5.75 Å². The number of aliphatic carboxylic acids is 1. The van der Waals surface area contributed by atoms with E-state index >= 15 is 0 Å². The van der Waals surface area contributed by atoms with Crippen molar-refractivity contribution in [1.82, 2.24) is 4.31 Å². The lowest BCUT2D eigenvalue weighted by Crippen LogP contribution is -2.32. The molecule has 2 aliphatic heterocycles. The Kier molecular flexibility index (Phi) is 5.90. The zero-order chi connectivity index (χ0) is 22.2. The average Bonchev–Trinajstić information content (AvgIpc) is 3.34. The van der Waals surface area contributed by atoms with Crippen LogP contribution in [0.1, 0.15) is 24.8 Å². The molecule has 0 amide bonds. The van der Waals surface area contributed by atoms with Crippen molar-refractivity contribution >= 4 is 21.7 Å². The molecule has 1 N–H and O–H groups in total. The van der Waals surface area contributed by atoms with Crippen LogP contribution in [-0.4, -0.2) is 56.6 Å². The maximum atomic E-state index is 13.9. The Labute approximate surface area is 181 Å². The van der Waals surface area contributed by atoms with E-state index < -0.39 is 16.0 Å². The normalized spacial score (nSPS) is 21.3. The average molecular weight is 449 g/mol. The fraction of sp³-hybridized carbons (Fsp3) is 0.409. The molecule has 0 bridgehead atoms. The monoisotopic (exact) mass is 448 g/mol. The molecular weight excluding hydrogens is 423 g/mol. The van der Waals surface area contributed by atoms with Crippen molar-refractivity contribution in [3.05, 3.63) is 53.8 Å². The first kappa shape index (κ1) is 21.6. The van der Waals surface area contributed by atoms with Crippen LogP contribution < -0.4 is 9.64 Å². The van der Waals surface area contributed by atoms with Gasteiger partial charge in [-0.3, -0.25) is 4.79 Å². The first-order chi connectivity index (χ1) is 14.8. The van der Waals surface area contributed by atoms with Crippen LogP contribution in [-0.2, 0) is 14.8 Å². The van der Waals surface area contributed by atoms with Crippen LogP contribution >= 0.6 is 0 Å². The Morgan fingerprint density at radius 3 is 2.61 bits per heavy atom. The lowest BCUT2D eigenvalue weighted by Gasteiger charge is -2.22. The van der Waals surface area contributed by atoms with Crippen molar-refractivity contribution in [2.24, 2.45) is 5.92 Å². The van der Waals surface area contributed by atoms with Crippen LogP contribution in [0, 0.1) is 11.7 Å². The summed E-state index contributed by atoms with van der Waals surface area (Å²) >= 11 is 0. The first-order valence-electron chi connectivity index (χ1n) is 10.3. The molecule has 0 aromatic heterocycles. The van der Waals surface area contributed by atoms with Crippen molar-refractivity contribution in [3.63, 3.8) is 0 Å². The maximum Gasteiger partial charge on any atom is 0.323 e. The molecule has 9 heteroatoms. The van der Waals surface area contributed by atoms with E-state index in [9.17, 15) is 22.7 Å². The summed E-state index contributed by atoms with van der Waals surface area (Å²) in [7, 11) is -3.65. The third-order valence-corrected chi connectivity index (χ3v) is 7.88. The van der Waals surface area contributed by atoms with Crippen molar-refractivity contribution in [2.75, 3.05) is 37.7 Å². The fourth-order valence-corrected chi connectivity index (χ4v) is 6.10. The third kappa shape index (κ3) is 4.24. The van der Waals surface area contributed by atoms with E-state index in [-0.39, 0.29) is 29.1 Å². The van der Waals surface area contributed by atoms with Gasteiger partial charge < -0.3 is 14.7 Å². The zero-order valence-corrected chi connectivity index (χ0v) is 18.0. The highest BCUT2D eigenvalue weighted by atomic mass is 32.2. The number of fused-ring (bicyclic) bond motifs is 1. The van der Waals surface area contributed by atoms with Gasteiger partial charge in [0.05, 0.1) is 11.5 Å². The number of carboxylic acid groups (broad SMARTS) is 1. The predicted octanol–water partition coefficient (Wildman–Crippen LogP) is 2.92. The Morgan fingerprint density at radius 2 is 1.94 bits per heavy atom. The van der Waals surface area contributed by atoms with E-state index in [2.05, 4.69) is 0 Å². The molecule has 2 unspecified atom stereocenters. The molecule has 0 spiro atoms. The van der Waals surface area contributed by atoms with Gasteiger partial charge in [-0.1, -0.05) is 0 Å². The molecule has 2 aliphatic rings. The van der Waals surface area contributed by atoms with Gasteiger partial charge in [0, 0.05) is 31.2 Å². The Balaban J connectivity index is 1.53. The quantitative estimate of drug-likeness (QED) is 0.701. The molecule has 2 heterocycles. The molecular formula is C22H25FN2O5S. The lowest BCUT2D eigenvalue weighted by atomic mass is 9.87. The van der Waals surface area contributed by atoms with E-state index in [1.54, 1.807) is 35.2 Å². The molecule has 4 rings (SSSR count). The molecule has 31 heavy (non-hydrogen) atoms. The minimum absolute atomic E-state index is 0.0168. The summed E-state index contributed by atoms with van der Waals surface area (Å²) in [6, 6.07) is 10.8. The smallest absolute Gasteiger partial charge is 0.323 e. The summed E-state index contributed by atoms with van der Waals surface area (Å²) < 4.78 is 47.0. The highest BCUT2D eigenvalue weighted by Gasteiger charge is 2.41. The number of hydrogen-bond acceptors (Lipinski definition) is 5. The SMILES string of the molecule is CCOc1ccc(S(=O)(=O)N2CCC(C3CN(CC(=O)O)c4ccc(F)cc43)C2)cc1. The second-order valence-corrected chi connectivity index (χ2v) is 9.84. The van der Waals surface area contributed by atoms with Gasteiger partial charge in [0.25, 0.3) is 0 Å². The number of rotatable bonds is 7.